The third-order valence-electron chi connectivity index (χ3n) is 3.97. The number of benzene rings is 2. The third-order valence-corrected chi connectivity index (χ3v) is 6.14. The largest absolute Gasteiger partial charge is 0.369 e. The number of anilines is 1. The number of hydrogen-bond donors (Lipinski definition) is 2. The molecule has 0 unspecified atom stereocenters. The fourth-order valence-corrected chi connectivity index (χ4v) is 4.54. The van der Waals surface area contributed by atoms with Crippen LogP contribution in [0, 0.1) is 0 Å². The van der Waals surface area contributed by atoms with Gasteiger partial charge in [-0.3, -0.25) is 9.36 Å². The molecule has 6 nitrogen and oxygen atoms in total. The molecule has 0 aliphatic carbocycles. The summed E-state index contributed by atoms with van der Waals surface area (Å²) in [6, 6.07) is 18.7. The molecule has 2 N–H and O–H groups in total. The minimum absolute atomic E-state index is 0.0234. The number of amides is 1. The van der Waals surface area contributed by atoms with E-state index < -0.39 is 13.5 Å². The molecule has 0 saturated carbocycles. The Morgan fingerprint density at radius 3 is 1.97 bits per heavy atom. The Hall–Kier alpha value is -2.40. The molecule has 7 heteroatoms. The lowest BCUT2D eigenvalue weighted by atomic mass is 10.1. The molecule has 0 spiro atoms. The van der Waals surface area contributed by atoms with Gasteiger partial charge in [-0.2, -0.15) is 0 Å². The summed E-state index contributed by atoms with van der Waals surface area (Å²) in [5.41, 5.74) is 1.86. The Kier molecular flexibility index (Phi) is 9.13. The monoisotopic (exact) mass is 416 g/mol. The van der Waals surface area contributed by atoms with E-state index in [1.807, 2.05) is 67.6 Å². The highest BCUT2D eigenvalue weighted by molar-refractivity contribution is 7.60. The number of carbonyl (C=O) groups is 1. The summed E-state index contributed by atoms with van der Waals surface area (Å²) in [4.78, 5) is 13.2. The SMILES string of the molecule is CCCNC(=O)/C(=C(\Nc1ccccc1)c1ccccc1)P(=O)(OCC)OCC. The average Bonchev–Trinajstić information content (AvgIpc) is 2.73. The lowest BCUT2D eigenvalue weighted by molar-refractivity contribution is -0.116. The van der Waals surface area contributed by atoms with E-state index in [1.165, 1.54) is 0 Å². The summed E-state index contributed by atoms with van der Waals surface area (Å²) in [7, 11) is -3.88. The van der Waals surface area contributed by atoms with Crippen molar-refractivity contribution < 1.29 is 18.4 Å². The van der Waals surface area contributed by atoms with Gasteiger partial charge in [-0.25, -0.2) is 0 Å². The first-order valence-corrected chi connectivity index (χ1v) is 11.4. The van der Waals surface area contributed by atoms with Crippen LogP contribution < -0.4 is 10.6 Å². The Bertz CT molecular complexity index is 844. The van der Waals surface area contributed by atoms with Crippen LogP contribution in [0.4, 0.5) is 5.69 Å². The second-order valence-corrected chi connectivity index (χ2v) is 8.13. The van der Waals surface area contributed by atoms with E-state index in [9.17, 15) is 9.36 Å². The predicted octanol–water partition coefficient (Wildman–Crippen LogP) is 5.26. The molecule has 0 aliphatic heterocycles. The first-order chi connectivity index (χ1) is 14.1. The maximum Gasteiger partial charge on any atom is 0.369 e. The van der Waals surface area contributed by atoms with Gasteiger partial charge in [-0.1, -0.05) is 55.5 Å². The molecule has 2 rings (SSSR count). The summed E-state index contributed by atoms with van der Waals surface area (Å²) < 4.78 is 24.8. The Balaban J connectivity index is 2.72. The molecule has 2 aromatic rings. The van der Waals surface area contributed by atoms with E-state index in [0.717, 1.165) is 12.1 Å². The first kappa shape index (κ1) is 22.9. The van der Waals surface area contributed by atoms with Crippen LogP contribution >= 0.6 is 7.60 Å². The van der Waals surface area contributed by atoms with Gasteiger partial charge in [-0.05, 0) is 38.0 Å². The lowest BCUT2D eigenvalue weighted by Gasteiger charge is -2.24. The van der Waals surface area contributed by atoms with Crippen LogP contribution in [0.15, 0.2) is 66.0 Å². The smallest absolute Gasteiger partial charge is 0.354 e. The van der Waals surface area contributed by atoms with E-state index in [2.05, 4.69) is 10.6 Å². The summed E-state index contributed by atoms with van der Waals surface area (Å²) >= 11 is 0. The summed E-state index contributed by atoms with van der Waals surface area (Å²) in [5.74, 6) is -0.473. The van der Waals surface area contributed by atoms with Crippen molar-refractivity contribution in [1.29, 1.82) is 0 Å². The highest BCUT2D eigenvalue weighted by Crippen LogP contribution is 2.58. The van der Waals surface area contributed by atoms with Gasteiger partial charge >= 0.3 is 7.60 Å². The van der Waals surface area contributed by atoms with Crippen LogP contribution in [0.25, 0.3) is 5.70 Å². The van der Waals surface area contributed by atoms with Crippen molar-refractivity contribution in [3.8, 4) is 0 Å². The van der Waals surface area contributed by atoms with E-state index in [0.29, 0.717) is 17.8 Å². The maximum atomic E-state index is 13.7. The van der Waals surface area contributed by atoms with Gasteiger partial charge in [0.25, 0.3) is 5.91 Å². The van der Waals surface area contributed by atoms with Crippen LogP contribution in [-0.2, 0) is 18.4 Å². The lowest BCUT2D eigenvalue weighted by Crippen LogP contribution is -2.28. The molecule has 2 aromatic carbocycles. The van der Waals surface area contributed by atoms with Crippen LogP contribution in [0.3, 0.4) is 0 Å². The van der Waals surface area contributed by atoms with Gasteiger partial charge in [0.1, 0.15) is 0 Å². The van der Waals surface area contributed by atoms with Gasteiger partial charge in [0, 0.05) is 12.2 Å². The normalized spacial score (nSPS) is 12.2. The van der Waals surface area contributed by atoms with E-state index in [4.69, 9.17) is 9.05 Å². The number of carbonyl (C=O) groups excluding carboxylic acids is 1. The van der Waals surface area contributed by atoms with Crippen molar-refractivity contribution in [1.82, 2.24) is 5.32 Å². The summed E-state index contributed by atoms with van der Waals surface area (Å²) in [5, 5.41) is 6.06. The Labute approximate surface area is 172 Å². The molecule has 0 aliphatic rings. The van der Waals surface area contributed by atoms with Gasteiger partial charge in [0.15, 0.2) is 5.31 Å². The molecule has 0 bridgehead atoms. The zero-order chi connectivity index (χ0) is 21.1. The number of nitrogens with one attached hydrogen (secondary N) is 2. The average molecular weight is 416 g/mol. The van der Waals surface area contributed by atoms with Crippen molar-refractivity contribution in [3.05, 3.63) is 71.5 Å². The predicted molar refractivity (Wildman–Crippen MR) is 118 cm³/mol. The second-order valence-electron chi connectivity index (χ2n) is 6.17. The molecule has 0 aromatic heterocycles. The zero-order valence-corrected chi connectivity index (χ0v) is 18.1. The molecule has 0 radical (unpaired) electrons. The van der Waals surface area contributed by atoms with E-state index in [-0.39, 0.29) is 18.5 Å². The van der Waals surface area contributed by atoms with Crippen LogP contribution in [0.5, 0.6) is 0 Å². The number of hydrogen-bond acceptors (Lipinski definition) is 5. The van der Waals surface area contributed by atoms with Crippen molar-refractivity contribution in [2.45, 2.75) is 27.2 Å². The van der Waals surface area contributed by atoms with Crippen LogP contribution in [0.1, 0.15) is 32.8 Å². The fourth-order valence-electron chi connectivity index (χ4n) is 2.74. The highest BCUT2D eigenvalue weighted by Gasteiger charge is 2.38. The van der Waals surface area contributed by atoms with Crippen molar-refractivity contribution >= 4 is 24.9 Å². The number of para-hydroxylation sites is 1. The molecule has 156 valence electrons. The Morgan fingerprint density at radius 2 is 1.45 bits per heavy atom. The van der Waals surface area contributed by atoms with Crippen molar-refractivity contribution in [2.75, 3.05) is 25.1 Å². The highest BCUT2D eigenvalue weighted by atomic mass is 31.2. The molecule has 0 fully saturated rings. The van der Waals surface area contributed by atoms with Crippen molar-refractivity contribution in [2.24, 2.45) is 0 Å². The summed E-state index contributed by atoms with van der Waals surface area (Å²) in [6.07, 6.45) is 0.749. The fraction of sp³-hybridized carbons (Fsp3) is 0.318. The first-order valence-electron chi connectivity index (χ1n) is 9.85. The van der Waals surface area contributed by atoms with Crippen LogP contribution in [0.2, 0.25) is 0 Å². The molecular weight excluding hydrogens is 387 g/mol. The molecule has 0 atom stereocenters. The van der Waals surface area contributed by atoms with Gasteiger partial charge in [-0.15, -0.1) is 0 Å². The number of rotatable bonds is 11. The topological polar surface area (TPSA) is 76.7 Å². The van der Waals surface area contributed by atoms with Gasteiger partial charge in [0.2, 0.25) is 0 Å². The molecule has 29 heavy (non-hydrogen) atoms. The minimum Gasteiger partial charge on any atom is -0.354 e. The third kappa shape index (κ3) is 6.29. The van der Waals surface area contributed by atoms with Crippen molar-refractivity contribution in [3.63, 3.8) is 0 Å². The standard InChI is InChI=1S/C22H29N2O4P/c1-4-17-23-22(25)21(29(26,27-5-2)28-6-3)20(18-13-9-7-10-14-18)24-19-15-11-8-12-16-19/h7-16,24H,4-6,17H2,1-3H3,(H,23,25)/b21-20+. The molecule has 1 amide bonds. The second kappa shape index (κ2) is 11.6. The molecule has 0 heterocycles. The molecular formula is C22H29N2O4P. The summed E-state index contributed by atoms with van der Waals surface area (Å²) in [6.45, 7) is 6.15. The van der Waals surface area contributed by atoms with Gasteiger partial charge < -0.3 is 19.7 Å². The Morgan fingerprint density at radius 1 is 0.897 bits per heavy atom. The quantitative estimate of drug-likeness (QED) is 0.386. The van der Waals surface area contributed by atoms with Gasteiger partial charge in [0.05, 0.1) is 18.9 Å². The zero-order valence-electron chi connectivity index (χ0n) is 17.2. The maximum absolute atomic E-state index is 13.7. The van der Waals surface area contributed by atoms with Crippen LogP contribution in [-0.4, -0.2) is 25.7 Å². The minimum atomic E-state index is -3.88. The van der Waals surface area contributed by atoms with E-state index in [1.54, 1.807) is 13.8 Å². The molecule has 0 saturated heterocycles. The van der Waals surface area contributed by atoms with E-state index >= 15 is 0 Å².